The Morgan fingerprint density at radius 1 is 0.964 bits per heavy atom. The maximum Gasteiger partial charge on any atom is 0.252 e. The fourth-order valence-electron chi connectivity index (χ4n) is 3.44. The number of aryl methyl sites for hydroxylation is 2. The molecule has 4 rings (SSSR count). The van der Waals surface area contributed by atoms with E-state index in [1.165, 1.54) is 11.3 Å². The maximum absolute atomic E-state index is 12.8. The summed E-state index contributed by atoms with van der Waals surface area (Å²) in [6.45, 7) is 8.97. The van der Waals surface area contributed by atoms with E-state index in [0.29, 0.717) is 43.6 Å². The summed E-state index contributed by atoms with van der Waals surface area (Å²) in [4.78, 5) is 14.6. The third-order valence-electron chi connectivity index (χ3n) is 5.00. The lowest BCUT2D eigenvalue weighted by Gasteiger charge is -2.35. The van der Waals surface area contributed by atoms with E-state index in [4.69, 9.17) is 9.72 Å². The van der Waals surface area contributed by atoms with Gasteiger partial charge in [-0.3, -0.25) is 0 Å². The summed E-state index contributed by atoms with van der Waals surface area (Å²) in [5.41, 5.74) is 0.913. The van der Waals surface area contributed by atoms with Crippen LogP contribution in [0.15, 0.2) is 22.4 Å². The van der Waals surface area contributed by atoms with Crippen molar-refractivity contribution in [3.8, 4) is 0 Å². The van der Waals surface area contributed by atoms with Crippen LogP contribution in [-0.2, 0) is 14.8 Å². The van der Waals surface area contributed by atoms with Gasteiger partial charge in [0.1, 0.15) is 10.0 Å². The molecule has 2 fully saturated rings. The Morgan fingerprint density at radius 3 is 2.32 bits per heavy atom. The van der Waals surface area contributed by atoms with Crippen molar-refractivity contribution in [3.63, 3.8) is 0 Å². The van der Waals surface area contributed by atoms with Crippen LogP contribution in [0.4, 0.5) is 11.8 Å². The lowest BCUT2D eigenvalue weighted by molar-refractivity contribution is 0.122. The first-order valence-electron chi connectivity index (χ1n) is 9.43. The topological polar surface area (TPSA) is 78.9 Å². The average Bonchev–Trinajstić information content (AvgIpc) is 3.15. The normalized spacial score (nSPS) is 19.2. The molecule has 0 amide bonds. The first-order chi connectivity index (χ1) is 13.4. The second kappa shape index (κ2) is 7.94. The number of hydrogen-bond acceptors (Lipinski definition) is 8. The summed E-state index contributed by atoms with van der Waals surface area (Å²) in [5.74, 6) is 1.58. The smallest absolute Gasteiger partial charge is 0.252 e. The van der Waals surface area contributed by atoms with E-state index in [0.717, 1.165) is 35.4 Å². The van der Waals surface area contributed by atoms with Crippen molar-refractivity contribution in [1.82, 2.24) is 14.3 Å². The zero-order chi connectivity index (χ0) is 19.7. The van der Waals surface area contributed by atoms with Crippen LogP contribution in [0.25, 0.3) is 0 Å². The molecular formula is C18H25N5O3S2. The van der Waals surface area contributed by atoms with Crippen LogP contribution < -0.4 is 9.80 Å². The van der Waals surface area contributed by atoms with Crippen molar-refractivity contribution in [2.75, 3.05) is 62.3 Å². The zero-order valence-corrected chi connectivity index (χ0v) is 17.8. The number of piperazine rings is 1. The van der Waals surface area contributed by atoms with Crippen LogP contribution in [0, 0.1) is 13.8 Å². The molecule has 0 radical (unpaired) electrons. The second-order valence-corrected chi connectivity index (χ2v) is 10.5. The van der Waals surface area contributed by atoms with E-state index >= 15 is 0 Å². The van der Waals surface area contributed by atoms with Crippen molar-refractivity contribution in [3.05, 3.63) is 28.8 Å². The first kappa shape index (κ1) is 19.6. The molecule has 0 bridgehead atoms. The van der Waals surface area contributed by atoms with E-state index in [9.17, 15) is 8.42 Å². The minimum atomic E-state index is -3.41. The van der Waals surface area contributed by atoms with Gasteiger partial charge < -0.3 is 14.5 Å². The molecule has 2 saturated heterocycles. The van der Waals surface area contributed by atoms with E-state index in [1.54, 1.807) is 10.4 Å². The van der Waals surface area contributed by atoms with Crippen LogP contribution in [0.5, 0.6) is 0 Å². The summed E-state index contributed by atoms with van der Waals surface area (Å²) in [6, 6.07) is 5.52. The number of nitrogens with zero attached hydrogens (tertiary/aromatic N) is 5. The monoisotopic (exact) mass is 423 g/mol. The van der Waals surface area contributed by atoms with Gasteiger partial charge in [-0.15, -0.1) is 11.3 Å². The highest BCUT2D eigenvalue weighted by atomic mass is 32.2. The molecule has 2 aromatic heterocycles. The van der Waals surface area contributed by atoms with Gasteiger partial charge in [0, 0.05) is 55.9 Å². The lowest BCUT2D eigenvalue weighted by atomic mass is 10.3. The van der Waals surface area contributed by atoms with Crippen LogP contribution >= 0.6 is 11.3 Å². The molecule has 0 spiro atoms. The Bertz CT molecular complexity index is 932. The van der Waals surface area contributed by atoms with Gasteiger partial charge in [0.25, 0.3) is 10.0 Å². The van der Waals surface area contributed by atoms with E-state index in [1.807, 2.05) is 26.0 Å². The van der Waals surface area contributed by atoms with Crippen molar-refractivity contribution in [1.29, 1.82) is 0 Å². The Balaban J connectivity index is 1.47. The number of ether oxygens (including phenoxy) is 1. The fraction of sp³-hybridized carbons (Fsp3) is 0.556. The number of hydrogen-bond donors (Lipinski definition) is 0. The third-order valence-corrected chi connectivity index (χ3v) is 8.36. The van der Waals surface area contributed by atoms with Crippen LogP contribution in [0.2, 0.25) is 0 Å². The molecule has 2 aliphatic heterocycles. The lowest BCUT2D eigenvalue weighted by Crippen LogP contribution is -2.49. The van der Waals surface area contributed by atoms with Crippen molar-refractivity contribution in [2.24, 2.45) is 0 Å². The molecule has 4 heterocycles. The van der Waals surface area contributed by atoms with E-state index in [-0.39, 0.29) is 0 Å². The van der Waals surface area contributed by atoms with Gasteiger partial charge in [0.15, 0.2) is 0 Å². The van der Waals surface area contributed by atoms with Crippen molar-refractivity contribution in [2.45, 2.75) is 18.1 Å². The summed E-state index contributed by atoms with van der Waals surface area (Å²) >= 11 is 1.33. The number of anilines is 2. The van der Waals surface area contributed by atoms with Gasteiger partial charge in [-0.05, 0) is 26.0 Å². The standard InChI is InChI=1S/C18H25N5O3S2/c1-14-13-16(20-18(19-14)22-9-11-26-12-10-22)21-5-7-23(8-6-21)28(24,25)17-4-3-15(2)27-17/h3-4,13H,5-12H2,1-2H3. The summed E-state index contributed by atoms with van der Waals surface area (Å²) < 4.78 is 33.1. The Labute approximate surface area is 169 Å². The molecule has 2 aliphatic rings. The summed E-state index contributed by atoms with van der Waals surface area (Å²) in [5, 5.41) is 0. The highest BCUT2D eigenvalue weighted by molar-refractivity contribution is 7.91. The highest BCUT2D eigenvalue weighted by Gasteiger charge is 2.30. The average molecular weight is 424 g/mol. The van der Waals surface area contributed by atoms with Gasteiger partial charge in [0.2, 0.25) is 5.95 Å². The van der Waals surface area contributed by atoms with Crippen LogP contribution in [0.1, 0.15) is 10.6 Å². The minimum Gasteiger partial charge on any atom is -0.378 e. The SMILES string of the molecule is Cc1cc(N2CCN(S(=O)(=O)c3ccc(C)s3)CC2)nc(N2CCOCC2)n1. The van der Waals surface area contributed by atoms with Crippen molar-refractivity contribution < 1.29 is 13.2 Å². The number of aromatic nitrogens is 2. The van der Waals surface area contributed by atoms with Crippen LogP contribution in [-0.4, -0.2) is 75.2 Å². The molecule has 2 aromatic rings. The first-order valence-corrected chi connectivity index (χ1v) is 11.7. The predicted molar refractivity (Wildman–Crippen MR) is 110 cm³/mol. The predicted octanol–water partition coefficient (Wildman–Crippen LogP) is 1.50. The largest absolute Gasteiger partial charge is 0.378 e. The zero-order valence-electron chi connectivity index (χ0n) is 16.2. The Morgan fingerprint density at radius 2 is 1.68 bits per heavy atom. The van der Waals surface area contributed by atoms with Gasteiger partial charge in [0.05, 0.1) is 13.2 Å². The van der Waals surface area contributed by atoms with Crippen LogP contribution in [0.3, 0.4) is 0 Å². The molecule has 28 heavy (non-hydrogen) atoms. The Hall–Kier alpha value is -1.75. The third kappa shape index (κ3) is 4.00. The molecule has 0 atom stereocenters. The molecule has 10 heteroatoms. The number of rotatable bonds is 4. The van der Waals surface area contributed by atoms with E-state index < -0.39 is 10.0 Å². The second-order valence-electron chi connectivity index (χ2n) is 7.02. The highest BCUT2D eigenvalue weighted by Crippen LogP contribution is 2.26. The fourth-order valence-corrected chi connectivity index (χ4v) is 6.30. The summed E-state index contributed by atoms with van der Waals surface area (Å²) in [7, 11) is -3.41. The Kier molecular flexibility index (Phi) is 5.55. The molecule has 0 aliphatic carbocycles. The van der Waals surface area contributed by atoms with Gasteiger partial charge in [-0.1, -0.05) is 0 Å². The number of sulfonamides is 1. The molecule has 0 unspecified atom stereocenters. The molecule has 0 saturated carbocycles. The minimum absolute atomic E-state index is 0.422. The van der Waals surface area contributed by atoms with E-state index in [2.05, 4.69) is 14.8 Å². The van der Waals surface area contributed by atoms with Crippen molar-refractivity contribution >= 4 is 33.1 Å². The quantitative estimate of drug-likeness (QED) is 0.737. The number of morpholine rings is 1. The number of thiophene rings is 1. The molecular weight excluding hydrogens is 398 g/mol. The maximum atomic E-state index is 12.8. The molecule has 152 valence electrons. The van der Waals surface area contributed by atoms with Gasteiger partial charge >= 0.3 is 0 Å². The molecule has 8 nitrogen and oxygen atoms in total. The molecule has 0 N–H and O–H groups in total. The summed E-state index contributed by atoms with van der Waals surface area (Å²) in [6.07, 6.45) is 0. The molecule has 0 aromatic carbocycles. The van der Waals surface area contributed by atoms with Gasteiger partial charge in [-0.2, -0.15) is 9.29 Å². The van der Waals surface area contributed by atoms with Gasteiger partial charge in [-0.25, -0.2) is 13.4 Å².